The van der Waals surface area contributed by atoms with Crippen LogP contribution in [0.3, 0.4) is 0 Å². The summed E-state index contributed by atoms with van der Waals surface area (Å²) in [5, 5.41) is 0. The van der Waals surface area contributed by atoms with Gasteiger partial charge in [-0.25, -0.2) is 0 Å². The van der Waals surface area contributed by atoms with Crippen molar-refractivity contribution in [1.29, 1.82) is 0 Å². The largest absolute Gasteiger partial charge is 0.383 e. The maximum Gasteiger partial charge on any atom is 0.246 e. The van der Waals surface area contributed by atoms with Gasteiger partial charge in [0.1, 0.15) is 0 Å². The molecule has 0 saturated heterocycles. The number of hydrogen-bond acceptors (Lipinski definition) is 3. The smallest absolute Gasteiger partial charge is 0.246 e. The monoisotopic (exact) mass is 227 g/mol. The lowest BCUT2D eigenvalue weighted by atomic mass is 10.4. The Kier molecular flexibility index (Phi) is 9.66. The molecule has 16 heavy (non-hydrogen) atoms. The molecule has 0 atom stereocenters. The van der Waals surface area contributed by atoms with Gasteiger partial charge in [0.25, 0.3) is 0 Å². The van der Waals surface area contributed by atoms with Gasteiger partial charge in [-0.15, -0.1) is 0 Å². The van der Waals surface area contributed by atoms with Gasteiger partial charge in [0.15, 0.2) is 0 Å². The molecule has 0 heterocycles. The minimum Gasteiger partial charge on any atom is -0.383 e. The van der Waals surface area contributed by atoms with Gasteiger partial charge in [-0.3, -0.25) is 4.79 Å². The van der Waals surface area contributed by atoms with Gasteiger partial charge in [0.05, 0.1) is 13.2 Å². The summed E-state index contributed by atoms with van der Waals surface area (Å²) in [6.45, 7) is 4.14. The summed E-state index contributed by atoms with van der Waals surface area (Å²) < 4.78 is 9.91. The lowest BCUT2D eigenvalue weighted by molar-refractivity contribution is -0.127. The fourth-order valence-corrected chi connectivity index (χ4v) is 1.09. The minimum absolute atomic E-state index is 0.0211. The minimum atomic E-state index is -0.0211. The molecule has 1 amide bonds. The molecule has 0 aliphatic heterocycles. The van der Waals surface area contributed by atoms with Crippen molar-refractivity contribution in [2.24, 2.45) is 0 Å². The van der Waals surface area contributed by atoms with Gasteiger partial charge >= 0.3 is 0 Å². The van der Waals surface area contributed by atoms with Crippen molar-refractivity contribution in [3.8, 4) is 0 Å². The van der Waals surface area contributed by atoms with E-state index in [9.17, 15) is 4.79 Å². The Morgan fingerprint density at radius 3 is 2.12 bits per heavy atom. The molecule has 0 aromatic heterocycles. The molecule has 92 valence electrons. The first kappa shape index (κ1) is 14.9. The summed E-state index contributed by atoms with van der Waals surface area (Å²) in [6, 6.07) is 0. The zero-order valence-corrected chi connectivity index (χ0v) is 10.3. The number of rotatable bonds is 8. The Balaban J connectivity index is 4.18. The molecule has 0 radical (unpaired) electrons. The van der Waals surface area contributed by atoms with Crippen LogP contribution in [-0.4, -0.2) is 51.3 Å². The summed E-state index contributed by atoms with van der Waals surface area (Å²) in [6.07, 6.45) is 6.97. The lowest BCUT2D eigenvalue weighted by Crippen LogP contribution is -2.35. The first-order valence-corrected chi connectivity index (χ1v) is 5.32. The highest BCUT2D eigenvalue weighted by molar-refractivity contribution is 5.87. The highest BCUT2D eigenvalue weighted by Gasteiger charge is 2.08. The number of carbonyl (C=O) groups excluding carboxylic acids is 1. The second-order valence-corrected chi connectivity index (χ2v) is 3.20. The van der Waals surface area contributed by atoms with Crippen LogP contribution >= 0.6 is 0 Å². The maximum absolute atomic E-state index is 11.7. The summed E-state index contributed by atoms with van der Waals surface area (Å²) in [7, 11) is 3.24. The van der Waals surface area contributed by atoms with E-state index in [4.69, 9.17) is 9.47 Å². The molecule has 0 bridgehead atoms. The van der Waals surface area contributed by atoms with Crippen molar-refractivity contribution in [2.45, 2.75) is 6.92 Å². The Labute approximate surface area is 97.5 Å². The van der Waals surface area contributed by atoms with Crippen molar-refractivity contribution in [3.63, 3.8) is 0 Å². The topological polar surface area (TPSA) is 38.8 Å². The van der Waals surface area contributed by atoms with Crippen LogP contribution in [0.25, 0.3) is 0 Å². The third-order valence-corrected chi connectivity index (χ3v) is 1.98. The first-order valence-electron chi connectivity index (χ1n) is 5.32. The molecule has 0 unspecified atom stereocenters. The van der Waals surface area contributed by atoms with Gasteiger partial charge in [0, 0.05) is 33.4 Å². The lowest BCUT2D eigenvalue weighted by Gasteiger charge is -2.20. The van der Waals surface area contributed by atoms with Crippen LogP contribution in [-0.2, 0) is 14.3 Å². The number of carbonyl (C=O) groups is 1. The van der Waals surface area contributed by atoms with Crippen LogP contribution in [0.15, 0.2) is 24.3 Å². The third-order valence-electron chi connectivity index (χ3n) is 1.98. The van der Waals surface area contributed by atoms with Crippen molar-refractivity contribution >= 4 is 5.91 Å². The molecule has 0 aliphatic carbocycles. The molecular weight excluding hydrogens is 206 g/mol. The molecule has 0 aliphatic rings. The second kappa shape index (κ2) is 10.4. The fraction of sp³-hybridized carbons (Fsp3) is 0.583. The van der Waals surface area contributed by atoms with Crippen molar-refractivity contribution in [1.82, 2.24) is 4.90 Å². The number of methoxy groups -OCH3 is 2. The summed E-state index contributed by atoms with van der Waals surface area (Å²) in [5.74, 6) is -0.0211. The van der Waals surface area contributed by atoms with E-state index < -0.39 is 0 Å². The predicted molar refractivity (Wildman–Crippen MR) is 64.3 cm³/mol. The SMILES string of the molecule is CC=C/C=C/C(=O)N(CCOC)CCOC. The Morgan fingerprint density at radius 2 is 1.69 bits per heavy atom. The number of amides is 1. The van der Waals surface area contributed by atoms with E-state index in [0.717, 1.165) is 0 Å². The highest BCUT2D eigenvalue weighted by Crippen LogP contribution is 1.93. The normalized spacial score (nSPS) is 11.4. The van der Waals surface area contributed by atoms with Crippen LogP contribution < -0.4 is 0 Å². The highest BCUT2D eigenvalue weighted by atomic mass is 16.5. The standard InChI is InChI=1S/C12H21NO3/c1-4-5-6-7-12(14)13(8-10-15-2)9-11-16-3/h4-7H,8-11H2,1-3H3/b5-4?,7-6+. The van der Waals surface area contributed by atoms with Gasteiger partial charge in [-0.05, 0) is 6.92 Å². The number of hydrogen-bond donors (Lipinski definition) is 0. The van der Waals surface area contributed by atoms with Crippen LogP contribution in [0.4, 0.5) is 0 Å². The molecule has 0 rings (SSSR count). The molecule has 4 nitrogen and oxygen atoms in total. The van der Waals surface area contributed by atoms with Crippen LogP contribution in [0.5, 0.6) is 0 Å². The molecule has 0 aromatic rings. The Hall–Kier alpha value is -1.13. The molecule has 0 spiro atoms. The molecule has 0 N–H and O–H groups in total. The van der Waals surface area contributed by atoms with Gasteiger partial charge in [0.2, 0.25) is 5.91 Å². The Bertz CT molecular complexity index is 228. The molecular formula is C12H21NO3. The molecule has 0 saturated carbocycles. The van der Waals surface area contributed by atoms with Gasteiger partial charge in [-0.2, -0.15) is 0 Å². The van der Waals surface area contributed by atoms with E-state index in [1.165, 1.54) is 0 Å². The van der Waals surface area contributed by atoms with Gasteiger partial charge < -0.3 is 14.4 Å². The average molecular weight is 227 g/mol. The molecule has 4 heteroatoms. The zero-order chi connectivity index (χ0) is 12.2. The zero-order valence-electron chi connectivity index (χ0n) is 10.3. The van der Waals surface area contributed by atoms with E-state index in [2.05, 4.69) is 0 Å². The quantitative estimate of drug-likeness (QED) is 0.462. The van der Waals surface area contributed by atoms with E-state index in [1.54, 1.807) is 31.3 Å². The van der Waals surface area contributed by atoms with Crippen LogP contribution in [0, 0.1) is 0 Å². The van der Waals surface area contributed by atoms with Crippen molar-refractivity contribution in [2.75, 3.05) is 40.5 Å². The second-order valence-electron chi connectivity index (χ2n) is 3.20. The van der Waals surface area contributed by atoms with Crippen LogP contribution in [0.2, 0.25) is 0 Å². The predicted octanol–water partition coefficient (Wildman–Crippen LogP) is 1.24. The Morgan fingerprint density at radius 1 is 1.12 bits per heavy atom. The van der Waals surface area contributed by atoms with E-state index in [-0.39, 0.29) is 5.91 Å². The molecule has 0 fully saturated rings. The first-order chi connectivity index (χ1) is 7.76. The number of allylic oxidation sites excluding steroid dienone is 3. The summed E-state index contributed by atoms with van der Waals surface area (Å²) in [4.78, 5) is 13.4. The van der Waals surface area contributed by atoms with E-state index in [0.29, 0.717) is 26.3 Å². The number of ether oxygens (including phenoxy) is 2. The maximum atomic E-state index is 11.7. The van der Waals surface area contributed by atoms with Crippen molar-refractivity contribution in [3.05, 3.63) is 24.3 Å². The van der Waals surface area contributed by atoms with Crippen molar-refractivity contribution < 1.29 is 14.3 Å². The average Bonchev–Trinajstić information content (AvgIpc) is 2.29. The van der Waals surface area contributed by atoms with Gasteiger partial charge in [-0.1, -0.05) is 18.2 Å². The number of nitrogens with zero attached hydrogens (tertiary/aromatic N) is 1. The summed E-state index contributed by atoms with van der Waals surface area (Å²) >= 11 is 0. The third kappa shape index (κ3) is 7.20. The van der Waals surface area contributed by atoms with E-state index in [1.807, 2.05) is 19.1 Å². The van der Waals surface area contributed by atoms with Crippen LogP contribution in [0.1, 0.15) is 6.92 Å². The molecule has 0 aromatic carbocycles. The fourth-order valence-electron chi connectivity index (χ4n) is 1.09. The van der Waals surface area contributed by atoms with E-state index >= 15 is 0 Å². The summed E-state index contributed by atoms with van der Waals surface area (Å²) in [5.41, 5.74) is 0.